The number of imidazole rings is 1. The van der Waals surface area contributed by atoms with E-state index in [1.165, 1.54) is 24.3 Å². The highest BCUT2D eigenvalue weighted by Gasteiger charge is 2.21. The molecule has 0 amide bonds. The van der Waals surface area contributed by atoms with Gasteiger partial charge in [-0.15, -0.1) is 0 Å². The van der Waals surface area contributed by atoms with Crippen LogP contribution in [0, 0.1) is 5.82 Å². The molecule has 0 aliphatic rings. The van der Waals surface area contributed by atoms with Crippen LogP contribution in [0.3, 0.4) is 0 Å². The first kappa shape index (κ1) is 14.2. The zero-order chi connectivity index (χ0) is 16.7. The van der Waals surface area contributed by atoms with Crippen LogP contribution in [0.1, 0.15) is 0 Å². The number of hydrogen-bond acceptors (Lipinski definition) is 4. The summed E-state index contributed by atoms with van der Waals surface area (Å²) >= 11 is 0. The van der Waals surface area contributed by atoms with E-state index in [1.807, 2.05) is 6.07 Å². The first-order chi connectivity index (χ1) is 11.7. The molecular formula is C18H12FN3O2. The lowest BCUT2D eigenvalue weighted by Gasteiger charge is -2.04. The smallest absolute Gasteiger partial charge is 0.152 e. The lowest BCUT2D eigenvalue weighted by molar-refractivity contribution is 0.471. The van der Waals surface area contributed by atoms with Crippen molar-refractivity contribution in [2.45, 2.75) is 0 Å². The Morgan fingerprint density at radius 2 is 1.71 bits per heavy atom. The maximum Gasteiger partial charge on any atom is 0.152 e. The number of fused-ring (bicyclic) bond motifs is 1. The molecule has 0 fully saturated rings. The van der Waals surface area contributed by atoms with Gasteiger partial charge in [0, 0.05) is 12.4 Å². The fourth-order valence-electron chi connectivity index (χ4n) is 2.70. The van der Waals surface area contributed by atoms with Crippen molar-refractivity contribution < 1.29 is 14.6 Å². The van der Waals surface area contributed by atoms with E-state index in [1.54, 1.807) is 35.0 Å². The van der Waals surface area contributed by atoms with Gasteiger partial charge in [0.25, 0.3) is 0 Å². The molecule has 1 aromatic carbocycles. The topological polar surface area (TPSA) is 70.7 Å². The summed E-state index contributed by atoms with van der Waals surface area (Å²) in [5.74, 6) is -0.572. The Morgan fingerprint density at radius 1 is 0.875 bits per heavy atom. The van der Waals surface area contributed by atoms with Crippen LogP contribution >= 0.6 is 0 Å². The lowest BCUT2D eigenvalue weighted by atomic mass is 10.2. The number of hydrogen-bond donors (Lipinski definition) is 2. The fraction of sp³-hybridized carbons (Fsp3) is 0. The number of phenols is 1. The first-order valence-corrected chi connectivity index (χ1v) is 7.26. The Labute approximate surface area is 136 Å². The van der Waals surface area contributed by atoms with Gasteiger partial charge in [0.15, 0.2) is 5.82 Å². The van der Waals surface area contributed by atoms with E-state index in [-0.39, 0.29) is 22.9 Å². The zero-order valence-electron chi connectivity index (χ0n) is 12.4. The second-order valence-corrected chi connectivity index (χ2v) is 5.24. The van der Waals surface area contributed by atoms with Crippen molar-refractivity contribution in [3.63, 3.8) is 0 Å². The quantitative estimate of drug-likeness (QED) is 0.591. The molecule has 6 heteroatoms. The number of halogens is 1. The highest BCUT2D eigenvalue weighted by atomic mass is 19.1. The lowest BCUT2D eigenvalue weighted by Crippen LogP contribution is -1.92. The molecule has 24 heavy (non-hydrogen) atoms. The van der Waals surface area contributed by atoms with Crippen LogP contribution in [0.4, 0.5) is 4.39 Å². The highest BCUT2D eigenvalue weighted by molar-refractivity contribution is 5.83. The summed E-state index contributed by atoms with van der Waals surface area (Å²) in [4.78, 5) is 8.62. The summed E-state index contributed by atoms with van der Waals surface area (Å²) in [5.41, 5.74) is 1.35. The van der Waals surface area contributed by atoms with Crippen molar-refractivity contribution in [1.29, 1.82) is 0 Å². The molecule has 3 heterocycles. The van der Waals surface area contributed by atoms with Crippen LogP contribution in [0.15, 0.2) is 60.9 Å². The van der Waals surface area contributed by atoms with Gasteiger partial charge in [-0.1, -0.05) is 12.1 Å². The van der Waals surface area contributed by atoms with Gasteiger partial charge in [0.05, 0.1) is 11.1 Å². The Morgan fingerprint density at radius 3 is 2.50 bits per heavy atom. The van der Waals surface area contributed by atoms with Crippen molar-refractivity contribution >= 4 is 5.52 Å². The minimum Gasteiger partial charge on any atom is -0.507 e. The molecule has 2 N–H and O–H groups in total. The molecule has 0 saturated heterocycles. The average Bonchev–Trinajstić information content (AvgIpc) is 2.95. The van der Waals surface area contributed by atoms with Gasteiger partial charge < -0.3 is 10.2 Å². The molecule has 0 saturated carbocycles. The largest absolute Gasteiger partial charge is 0.507 e. The SMILES string of the molecule is Oc1cccnc1-c1nc(-c2c(O)cccc2F)n2ccccc12. The van der Waals surface area contributed by atoms with Gasteiger partial charge in [0.2, 0.25) is 0 Å². The van der Waals surface area contributed by atoms with Crippen LogP contribution in [0.5, 0.6) is 11.5 Å². The molecule has 5 nitrogen and oxygen atoms in total. The predicted molar refractivity (Wildman–Crippen MR) is 87.1 cm³/mol. The van der Waals surface area contributed by atoms with Crippen LogP contribution in [-0.2, 0) is 0 Å². The number of benzene rings is 1. The van der Waals surface area contributed by atoms with E-state index in [4.69, 9.17) is 0 Å². The van der Waals surface area contributed by atoms with Crippen LogP contribution in [-0.4, -0.2) is 24.6 Å². The van der Waals surface area contributed by atoms with Crippen LogP contribution in [0.2, 0.25) is 0 Å². The molecule has 0 bridgehead atoms. The van der Waals surface area contributed by atoms with Gasteiger partial charge in [-0.2, -0.15) is 0 Å². The van der Waals surface area contributed by atoms with Crippen LogP contribution in [0.25, 0.3) is 28.3 Å². The number of aromatic nitrogens is 3. The molecule has 0 atom stereocenters. The first-order valence-electron chi connectivity index (χ1n) is 7.26. The van der Waals surface area contributed by atoms with Crippen molar-refractivity contribution in [2.75, 3.05) is 0 Å². The minimum absolute atomic E-state index is 0.000343. The van der Waals surface area contributed by atoms with Gasteiger partial charge in [0.1, 0.15) is 28.7 Å². The normalized spacial score (nSPS) is 11.0. The molecule has 0 spiro atoms. The summed E-state index contributed by atoms with van der Waals surface area (Å²) in [6.07, 6.45) is 3.26. The van der Waals surface area contributed by atoms with Gasteiger partial charge >= 0.3 is 0 Å². The van der Waals surface area contributed by atoms with E-state index < -0.39 is 5.82 Å². The minimum atomic E-state index is -0.581. The number of nitrogens with zero attached hydrogens (tertiary/aromatic N) is 3. The number of phenolic OH excluding ortho intramolecular Hbond substituents is 1. The monoisotopic (exact) mass is 321 g/mol. The standard InChI is InChI=1S/C18H12FN3O2/c19-11-5-3-7-13(23)15(11)18-21-16(12-6-1-2-10-22(12)18)17-14(24)8-4-9-20-17/h1-10,23-24H. The molecule has 118 valence electrons. The fourth-order valence-corrected chi connectivity index (χ4v) is 2.70. The predicted octanol–water partition coefficient (Wildman–Crippen LogP) is 3.61. The average molecular weight is 321 g/mol. The third-order valence-corrected chi connectivity index (χ3v) is 3.77. The van der Waals surface area contributed by atoms with Crippen molar-refractivity contribution in [1.82, 2.24) is 14.4 Å². The number of rotatable bonds is 2. The molecular weight excluding hydrogens is 309 g/mol. The second-order valence-electron chi connectivity index (χ2n) is 5.24. The summed E-state index contributed by atoms with van der Waals surface area (Å²) in [5, 5.41) is 20.2. The Bertz CT molecular complexity index is 1040. The van der Waals surface area contributed by atoms with Gasteiger partial charge in [-0.25, -0.2) is 9.37 Å². The van der Waals surface area contributed by atoms with E-state index in [0.29, 0.717) is 16.9 Å². The molecule has 4 aromatic rings. The zero-order valence-corrected chi connectivity index (χ0v) is 12.4. The van der Waals surface area contributed by atoms with Gasteiger partial charge in [-0.05, 0) is 36.4 Å². The van der Waals surface area contributed by atoms with E-state index >= 15 is 0 Å². The molecule has 0 unspecified atom stereocenters. The molecule has 0 radical (unpaired) electrons. The summed E-state index contributed by atoms with van der Waals surface area (Å²) < 4.78 is 15.9. The molecule has 4 rings (SSSR count). The Hall–Kier alpha value is -3.41. The Kier molecular flexibility index (Phi) is 3.16. The molecule has 3 aromatic heterocycles. The molecule has 0 aliphatic heterocycles. The van der Waals surface area contributed by atoms with Gasteiger partial charge in [-0.3, -0.25) is 9.38 Å². The summed E-state index contributed by atoms with van der Waals surface area (Å²) in [6.45, 7) is 0. The van der Waals surface area contributed by atoms with E-state index in [0.717, 1.165) is 0 Å². The number of aromatic hydroxyl groups is 2. The summed E-state index contributed by atoms with van der Waals surface area (Å²) in [6, 6.07) is 12.6. The third-order valence-electron chi connectivity index (χ3n) is 3.77. The second kappa shape index (κ2) is 5.34. The van der Waals surface area contributed by atoms with E-state index in [9.17, 15) is 14.6 Å². The molecule has 0 aliphatic carbocycles. The van der Waals surface area contributed by atoms with Crippen molar-refractivity contribution in [3.05, 3.63) is 66.7 Å². The Balaban J connectivity index is 2.08. The van der Waals surface area contributed by atoms with Crippen LogP contribution < -0.4 is 0 Å². The highest BCUT2D eigenvalue weighted by Crippen LogP contribution is 2.36. The summed E-state index contributed by atoms with van der Waals surface area (Å²) in [7, 11) is 0. The maximum absolute atomic E-state index is 14.3. The maximum atomic E-state index is 14.3. The van der Waals surface area contributed by atoms with E-state index in [2.05, 4.69) is 9.97 Å². The van der Waals surface area contributed by atoms with Crippen molar-refractivity contribution in [2.24, 2.45) is 0 Å². The number of pyridine rings is 2. The third kappa shape index (κ3) is 2.08. The van der Waals surface area contributed by atoms with Crippen molar-refractivity contribution in [3.8, 4) is 34.3 Å².